The van der Waals surface area contributed by atoms with Crippen LogP contribution in [0, 0.1) is 0 Å². The third kappa shape index (κ3) is 3.30. The Hall–Kier alpha value is -2.43. The maximum absolute atomic E-state index is 12.7. The summed E-state index contributed by atoms with van der Waals surface area (Å²) in [6.45, 7) is 3.94. The second-order valence-electron chi connectivity index (χ2n) is 6.73. The number of halogens is 1. The zero-order chi connectivity index (χ0) is 18.1. The summed E-state index contributed by atoms with van der Waals surface area (Å²) in [7, 11) is 0. The molecule has 1 aliphatic heterocycles. The summed E-state index contributed by atoms with van der Waals surface area (Å²) in [6, 6.07) is 17.9. The molecule has 1 aromatic heterocycles. The average Bonchev–Trinajstić information content (AvgIpc) is 2.65. The number of pyridine rings is 1. The minimum Gasteiger partial charge on any atom is -0.310 e. The Bertz CT molecular complexity index is 953. The Kier molecular flexibility index (Phi) is 4.62. The zero-order valence-electron chi connectivity index (χ0n) is 14.6. The van der Waals surface area contributed by atoms with Crippen LogP contribution in [0.5, 0.6) is 0 Å². The van der Waals surface area contributed by atoms with Gasteiger partial charge in [0.2, 0.25) is 5.91 Å². The largest absolute Gasteiger partial charge is 0.310 e. The van der Waals surface area contributed by atoms with Crippen molar-refractivity contribution in [3.63, 3.8) is 0 Å². The molecule has 0 aliphatic carbocycles. The summed E-state index contributed by atoms with van der Waals surface area (Å²) in [5.74, 6) is 0.101. The van der Waals surface area contributed by atoms with E-state index >= 15 is 0 Å². The lowest BCUT2D eigenvalue weighted by molar-refractivity contribution is -0.122. The lowest BCUT2D eigenvalue weighted by Gasteiger charge is -2.39. The number of aromatic nitrogens is 1. The highest BCUT2D eigenvalue weighted by molar-refractivity contribution is 6.30. The number of hydrogen-bond acceptors (Lipinski definition) is 3. The quantitative estimate of drug-likeness (QED) is 0.700. The van der Waals surface area contributed by atoms with Gasteiger partial charge in [-0.2, -0.15) is 0 Å². The number of anilines is 1. The minimum absolute atomic E-state index is 0.101. The Morgan fingerprint density at radius 2 is 2.00 bits per heavy atom. The van der Waals surface area contributed by atoms with Gasteiger partial charge in [0, 0.05) is 41.4 Å². The van der Waals surface area contributed by atoms with Crippen LogP contribution in [0.3, 0.4) is 0 Å². The van der Waals surface area contributed by atoms with Crippen LogP contribution >= 0.6 is 11.6 Å². The van der Waals surface area contributed by atoms with Gasteiger partial charge >= 0.3 is 0 Å². The van der Waals surface area contributed by atoms with E-state index in [-0.39, 0.29) is 11.9 Å². The molecule has 0 spiro atoms. The molecule has 0 saturated carbocycles. The van der Waals surface area contributed by atoms with E-state index in [0.29, 0.717) is 18.1 Å². The number of rotatable bonds is 3. The van der Waals surface area contributed by atoms with E-state index in [1.807, 2.05) is 53.6 Å². The number of carbonyl (C=O) groups is 1. The van der Waals surface area contributed by atoms with E-state index in [0.717, 1.165) is 23.1 Å². The molecule has 4 nitrogen and oxygen atoms in total. The lowest BCUT2D eigenvalue weighted by Crippen LogP contribution is -2.54. The predicted molar refractivity (Wildman–Crippen MR) is 105 cm³/mol. The topological polar surface area (TPSA) is 36.4 Å². The molecule has 132 valence electrons. The van der Waals surface area contributed by atoms with Gasteiger partial charge in [0.15, 0.2) is 0 Å². The van der Waals surface area contributed by atoms with Crippen molar-refractivity contribution < 1.29 is 4.79 Å². The number of amides is 1. The predicted octanol–water partition coefficient (Wildman–Crippen LogP) is 4.13. The van der Waals surface area contributed by atoms with Gasteiger partial charge in [-0.05, 0) is 42.8 Å². The number of nitrogens with zero attached hydrogens (tertiary/aromatic N) is 3. The SMILES string of the molecule is C[C@H]1CN(c2cccc(Cl)c2)C(=O)CN1Cc1cccc2ncccc12. The number of carbonyl (C=O) groups excluding carboxylic acids is 1. The summed E-state index contributed by atoms with van der Waals surface area (Å²) in [5, 5.41) is 1.79. The molecule has 5 heteroatoms. The second-order valence-corrected chi connectivity index (χ2v) is 7.16. The molecular formula is C21H20ClN3O. The van der Waals surface area contributed by atoms with Gasteiger partial charge in [-0.25, -0.2) is 0 Å². The van der Waals surface area contributed by atoms with Crippen LogP contribution in [0.1, 0.15) is 12.5 Å². The molecule has 2 aromatic carbocycles. The van der Waals surface area contributed by atoms with Crippen LogP contribution in [0.25, 0.3) is 10.9 Å². The molecule has 0 bridgehead atoms. The summed E-state index contributed by atoms with van der Waals surface area (Å²) in [6.07, 6.45) is 1.81. The summed E-state index contributed by atoms with van der Waals surface area (Å²) in [5.41, 5.74) is 3.05. The number of hydrogen-bond donors (Lipinski definition) is 0. The van der Waals surface area contributed by atoms with Gasteiger partial charge in [0.25, 0.3) is 0 Å². The average molecular weight is 366 g/mol. The fraction of sp³-hybridized carbons (Fsp3) is 0.238. The molecule has 1 atom stereocenters. The number of piperazine rings is 1. The van der Waals surface area contributed by atoms with Gasteiger partial charge < -0.3 is 4.90 Å². The van der Waals surface area contributed by atoms with Crippen molar-refractivity contribution in [3.05, 3.63) is 71.4 Å². The van der Waals surface area contributed by atoms with Crippen molar-refractivity contribution in [2.75, 3.05) is 18.0 Å². The number of fused-ring (bicyclic) bond motifs is 1. The Morgan fingerprint density at radius 3 is 2.85 bits per heavy atom. The molecule has 3 aromatic rings. The molecule has 1 amide bonds. The van der Waals surface area contributed by atoms with Crippen LogP contribution in [0.4, 0.5) is 5.69 Å². The highest BCUT2D eigenvalue weighted by Gasteiger charge is 2.30. The maximum Gasteiger partial charge on any atom is 0.241 e. The number of benzene rings is 2. The van der Waals surface area contributed by atoms with Crippen LogP contribution in [-0.4, -0.2) is 34.9 Å². The van der Waals surface area contributed by atoms with Crippen LogP contribution in [0.15, 0.2) is 60.8 Å². The van der Waals surface area contributed by atoms with E-state index in [1.165, 1.54) is 5.56 Å². The fourth-order valence-electron chi connectivity index (χ4n) is 3.53. The van der Waals surface area contributed by atoms with Gasteiger partial charge in [-0.1, -0.05) is 35.9 Å². The van der Waals surface area contributed by atoms with Gasteiger partial charge in [0.1, 0.15) is 0 Å². The molecule has 4 rings (SSSR count). The highest BCUT2D eigenvalue weighted by atomic mass is 35.5. The molecule has 1 aliphatic rings. The van der Waals surface area contributed by atoms with Crippen LogP contribution < -0.4 is 4.90 Å². The first kappa shape index (κ1) is 17.0. The van der Waals surface area contributed by atoms with Crippen molar-refractivity contribution >= 4 is 34.1 Å². The first-order valence-electron chi connectivity index (χ1n) is 8.74. The van der Waals surface area contributed by atoms with Gasteiger partial charge in [-0.3, -0.25) is 14.7 Å². The van der Waals surface area contributed by atoms with Crippen LogP contribution in [-0.2, 0) is 11.3 Å². The molecule has 26 heavy (non-hydrogen) atoms. The third-order valence-electron chi connectivity index (χ3n) is 4.94. The fourth-order valence-corrected chi connectivity index (χ4v) is 3.71. The monoisotopic (exact) mass is 365 g/mol. The van der Waals surface area contributed by atoms with E-state index in [9.17, 15) is 4.79 Å². The standard InChI is InChI=1S/C21H20ClN3O/c1-15-12-25(18-7-3-6-17(22)11-18)21(26)14-24(15)13-16-5-2-9-20-19(16)8-4-10-23-20/h2-11,15H,12-14H2,1H3/t15-/m0/s1. The molecular weight excluding hydrogens is 346 g/mol. The molecule has 0 N–H and O–H groups in total. The summed E-state index contributed by atoms with van der Waals surface area (Å²) < 4.78 is 0. The molecule has 1 fully saturated rings. The molecule has 2 heterocycles. The molecule has 0 unspecified atom stereocenters. The second kappa shape index (κ2) is 7.06. The van der Waals surface area contributed by atoms with Crippen molar-refractivity contribution in [2.45, 2.75) is 19.5 Å². The minimum atomic E-state index is 0.101. The maximum atomic E-state index is 12.7. The van der Waals surface area contributed by atoms with Crippen LogP contribution in [0.2, 0.25) is 5.02 Å². The summed E-state index contributed by atoms with van der Waals surface area (Å²) in [4.78, 5) is 21.2. The zero-order valence-corrected chi connectivity index (χ0v) is 15.4. The van der Waals surface area contributed by atoms with E-state index in [2.05, 4.69) is 28.9 Å². The smallest absolute Gasteiger partial charge is 0.241 e. The van der Waals surface area contributed by atoms with Crippen molar-refractivity contribution in [1.29, 1.82) is 0 Å². The molecule has 0 radical (unpaired) electrons. The van der Waals surface area contributed by atoms with E-state index in [1.54, 1.807) is 0 Å². The van der Waals surface area contributed by atoms with Gasteiger partial charge in [0.05, 0.1) is 12.1 Å². The Labute approximate surface area is 158 Å². The van der Waals surface area contributed by atoms with Gasteiger partial charge in [-0.15, -0.1) is 0 Å². The first-order valence-corrected chi connectivity index (χ1v) is 9.12. The Morgan fingerprint density at radius 1 is 1.15 bits per heavy atom. The Balaban J connectivity index is 1.55. The first-order chi connectivity index (χ1) is 12.6. The summed E-state index contributed by atoms with van der Waals surface area (Å²) >= 11 is 6.09. The lowest BCUT2D eigenvalue weighted by atomic mass is 10.1. The highest BCUT2D eigenvalue weighted by Crippen LogP contribution is 2.25. The van der Waals surface area contributed by atoms with Crippen molar-refractivity contribution in [3.8, 4) is 0 Å². The van der Waals surface area contributed by atoms with E-state index in [4.69, 9.17) is 11.6 Å². The van der Waals surface area contributed by atoms with Crippen molar-refractivity contribution in [1.82, 2.24) is 9.88 Å². The normalized spacial score (nSPS) is 18.5. The van der Waals surface area contributed by atoms with E-state index < -0.39 is 0 Å². The van der Waals surface area contributed by atoms with Crippen molar-refractivity contribution in [2.24, 2.45) is 0 Å². The molecule has 1 saturated heterocycles. The third-order valence-corrected chi connectivity index (χ3v) is 5.17.